The van der Waals surface area contributed by atoms with E-state index in [1.165, 1.54) is 0 Å². The summed E-state index contributed by atoms with van der Waals surface area (Å²) in [6, 6.07) is 13.9. The minimum atomic E-state index is -0.0786. The smallest absolute Gasteiger partial charge is 0.251 e. The number of hydrogen-bond donors (Lipinski definition) is 2. The van der Waals surface area contributed by atoms with Crippen LogP contribution in [0.15, 0.2) is 46.9 Å². The molecule has 1 aromatic heterocycles. The van der Waals surface area contributed by atoms with Gasteiger partial charge in [0.15, 0.2) is 0 Å². The number of amides is 2. The predicted molar refractivity (Wildman–Crippen MR) is 126 cm³/mol. The maximum Gasteiger partial charge on any atom is 0.251 e. The van der Waals surface area contributed by atoms with Crippen LogP contribution < -0.4 is 10.6 Å². The first kappa shape index (κ1) is 22.7. The van der Waals surface area contributed by atoms with Crippen LogP contribution in [-0.4, -0.2) is 28.1 Å². The Labute approximate surface area is 194 Å². The molecule has 4 rings (SSSR count). The Morgan fingerprint density at radius 2 is 1.73 bits per heavy atom. The summed E-state index contributed by atoms with van der Waals surface area (Å²) >= 11 is 0. The van der Waals surface area contributed by atoms with E-state index in [-0.39, 0.29) is 23.8 Å². The van der Waals surface area contributed by atoms with Crippen LogP contribution in [0.5, 0.6) is 0 Å². The second-order valence-electron chi connectivity index (χ2n) is 9.87. The largest absolute Gasteiger partial charge is 0.419 e. The van der Waals surface area contributed by atoms with Crippen molar-refractivity contribution in [3.8, 4) is 22.6 Å². The van der Waals surface area contributed by atoms with Crippen LogP contribution in [-0.2, 0) is 11.3 Å². The SMILES string of the molecule is Cc1ccc(C(=O)NC2CC2)cc1-c1ccc(-c2nnc(CNC(=O)CC(C)(C)C)o2)cc1. The summed E-state index contributed by atoms with van der Waals surface area (Å²) in [6.07, 6.45) is 2.55. The summed E-state index contributed by atoms with van der Waals surface area (Å²) in [5.41, 5.74) is 4.49. The number of hydrogen-bond acceptors (Lipinski definition) is 5. The quantitative estimate of drug-likeness (QED) is 0.550. The van der Waals surface area contributed by atoms with Crippen LogP contribution in [0.1, 0.15) is 61.8 Å². The number of nitrogens with zero attached hydrogens (tertiary/aromatic N) is 2. The first-order valence-corrected chi connectivity index (χ1v) is 11.3. The summed E-state index contributed by atoms with van der Waals surface area (Å²) in [5.74, 6) is 0.691. The highest BCUT2D eigenvalue weighted by atomic mass is 16.4. The van der Waals surface area contributed by atoms with E-state index >= 15 is 0 Å². The minimum Gasteiger partial charge on any atom is -0.419 e. The average molecular weight is 447 g/mol. The molecule has 7 nitrogen and oxygen atoms in total. The third-order valence-electron chi connectivity index (χ3n) is 5.45. The van der Waals surface area contributed by atoms with E-state index in [1.807, 2.05) is 70.2 Å². The second-order valence-corrected chi connectivity index (χ2v) is 9.87. The lowest BCUT2D eigenvalue weighted by Crippen LogP contribution is -2.27. The van der Waals surface area contributed by atoms with Gasteiger partial charge < -0.3 is 15.1 Å². The molecule has 1 saturated carbocycles. The molecule has 3 aromatic rings. The number of carbonyl (C=O) groups excluding carboxylic acids is 2. The molecule has 2 amide bonds. The van der Waals surface area contributed by atoms with Crippen molar-refractivity contribution in [1.29, 1.82) is 0 Å². The lowest BCUT2D eigenvalue weighted by Gasteiger charge is -2.16. The van der Waals surface area contributed by atoms with Crippen LogP contribution in [0.25, 0.3) is 22.6 Å². The van der Waals surface area contributed by atoms with Gasteiger partial charge in [-0.3, -0.25) is 9.59 Å². The summed E-state index contributed by atoms with van der Waals surface area (Å²) in [4.78, 5) is 24.4. The maximum atomic E-state index is 12.4. The first-order valence-electron chi connectivity index (χ1n) is 11.3. The predicted octanol–water partition coefficient (Wildman–Crippen LogP) is 4.66. The molecular formula is C26H30N4O3. The highest BCUT2D eigenvalue weighted by Crippen LogP contribution is 2.28. The van der Waals surface area contributed by atoms with Crippen LogP contribution in [0.2, 0.25) is 0 Å². The molecule has 0 spiro atoms. The number of rotatable bonds is 7. The van der Waals surface area contributed by atoms with E-state index in [4.69, 9.17) is 4.42 Å². The Morgan fingerprint density at radius 1 is 1.03 bits per heavy atom. The molecule has 33 heavy (non-hydrogen) atoms. The molecule has 0 aliphatic heterocycles. The van der Waals surface area contributed by atoms with Gasteiger partial charge in [-0.05, 0) is 66.1 Å². The fourth-order valence-electron chi connectivity index (χ4n) is 3.52. The van der Waals surface area contributed by atoms with E-state index in [0.29, 0.717) is 29.8 Å². The Balaban J connectivity index is 1.44. The highest BCUT2D eigenvalue weighted by Gasteiger charge is 2.24. The molecular weight excluding hydrogens is 416 g/mol. The lowest BCUT2D eigenvalue weighted by atomic mass is 9.92. The van der Waals surface area contributed by atoms with Crippen molar-refractivity contribution < 1.29 is 14.0 Å². The van der Waals surface area contributed by atoms with E-state index in [9.17, 15) is 9.59 Å². The third kappa shape index (κ3) is 6.06. The Bertz CT molecular complexity index is 1160. The molecule has 2 N–H and O–H groups in total. The molecule has 0 radical (unpaired) electrons. The monoisotopic (exact) mass is 446 g/mol. The van der Waals surface area contributed by atoms with Crippen LogP contribution in [0, 0.1) is 12.3 Å². The highest BCUT2D eigenvalue weighted by molar-refractivity contribution is 5.96. The standard InChI is InChI=1S/C26H30N4O3/c1-16-5-6-19(24(32)28-20-11-12-20)13-21(16)17-7-9-18(10-8-17)25-30-29-23(33-25)15-27-22(31)14-26(2,3)4/h5-10,13,20H,11-12,14-15H2,1-4H3,(H,27,31)(H,28,32). The normalized spacial score (nSPS) is 13.6. The zero-order valence-electron chi connectivity index (χ0n) is 19.6. The zero-order chi connectivity index (χ0) is 23.6. The molecule has 0 saturated heterocycles. The average Bonchev–Trinajstić information content (AvgIpc) is 3.44. The van der Waals surface area contributed by atoms with Crippen LogP contribution in [0.4, 0.5) is 0 Å². The zero-order valence-corrected chi connectivity index (χ0v) is 19.6. The Morgan fingerprint density at radius 3 is 2.39 bits per heavy atom. The lowest BCUT2D eigenvalue weighted by molar-refractivity contribution is -0.123. The van der Waals surface area contributed by atoms with Gasteiger partial charge in [0.1, 0.15) is 0 Å². The fourth-order valence-corrected chi connectivity index (χ4v) is 3.52. The van der Waals surface area contributed by atoms with Gasteiger partial charge in [-0.25, -0.2) is 0 Å². The Kier molecular flexibility index (Phi) is 6.31. The summed E-state index contributed by atoms with van der Waals surface area (Å²) in [7, 11) is 0. The van der Waals surface area contributed by atoms with Crippen molar-refractivity contribution in [2.24, 2.45) is 5.41 Å². The molecule has 1 aliphatic rings. The second kappa shape index (κ2) is 9.17. The van der Waals surface area contributed by atoms with Gasteiger partial charge in [0.25, 0.3) is 5.91 Å². The minimum absolute atomic E-state index is 0.0247. The van der Waals surface area contributed by atoms with Crippen molar-refractivity contribution in [3.63, 3.8) is 0 Å². The van der Waals surface area contributed by atoms with Gasteiger partial charge in [0.05, 0.1) is 6.54 Å². The number of aryl methyl sites for hydroxylation is 1. The summed E-state index contributed by atoms with van der Waals surface area (Å²) < 4.78 is 5.72. The summed E-state index contributed by atoms with van der Waals surface area (Å²) in [5, 5.41) is 14.0. The molecule has 1 fully saturated rings. The van der Waals surface area contributed by atoms with E-state index < -0.39 is 0 Å². The van der Waals surface area contributed by atoms with E-state index in [1.54, 1.807) is 0 Å². The third-order valence-corrected chi connectivity index (χ3v) is 5.45. The molecule has 172 valence electrons. The first-order chi connectivity index (χ1) is 15.7. The van der Waals surface area contributed by atoms with Gasteiger partial charge in [-0.15, -0.1) is 10.2 Å². The number of nitrogens with one attached hydrogen (secondary N) is 2. The van der Waals surface area contributed by atoms with Gasteiger partial charge in [-0.2, -0.15) is 0 Å². The van der Waals surface area contributed by atoms with Crippen molar-refractivity contribution in [2.75, 3.05) is 0 Å². The van der Waals surface area contributed by atoms with E-state index in [0.717, 1.165) is 35.1 Å². The number of aromatic nitrogens is 2. The molecule has 1 aliphatic carbocycles. The molecule has 1 heterocycles. The topological polar surface area (TPSA) is 97.1 Å². The van der Waals surface area contributed by atoms with Crippen molar-refractivity contribution >= 4 is 11.8 Å². The molecule has 0 atom stereocenters. The van der Waals surface area contributed by atoms with Gasteiger partial charge in [0.2, 0.25) is 17.7 Å². The van der Waals surface area contributed by atoms with Gasteiger partial charge >= 0.3 is 0 Å². The fraction of sp³-hybridized carbons (Fsp3) is 0.385. The molecule has 0 unspecified atom stereocenters. The summed E-state index contributed by atoms with van der Waals surface area (Å²) in [6.45, 7) is 8.28. The number of carbonyl (C=O) groups is 2. The van der Waals surface area contributed by atoms with Crippen LogP contribution in [0.3, 0.4) is 0 Å². The number of benzene rings is 2. The molecule has 2 aromatic carbocycles. The van der Waals surface area contributed by atoms with Crippen molar-refractivity contribution in [1.82, 2.24) is 20.8 Å². The van der Waals surface area contributed by atoms with Gasteiger partial charge in [-0.1, -0.05) is 39.0 Å². The van der Waals surface area contributed by atoms with E-state index in [2.05, 4.69) is 20.8 Å². The van der Waals surface area contributed by atoms with Gasteiger partial charge in [0, 0.05) is 23.6 Å². The maximum absolute atomic E-state index is 12.4. The molecule has 7 heteroatoms. The Hall–Kier alpha value is -3.48. The molecule has 0 bridgehead atoms. The van der Waals surface area contributed by atoms with Crippen molar-refractivity contribution in [2.45, 2.75) is 59.5 Å². The van der Waals surface area contributed by atoms with Crippen LogP contribution >= 0.6 is 0 Å². The van der Waals surface area contributed by atoms with Crippen molar-refractivity contribution in [3.05, 3.63) is 59.5 Å².